The number of rotatable bonds is 4. The van der Waals surface area contributed by atoms with Gasteiger partial charge in [-0.25, -0.2) is 0 Å². The average molecular weight is 251 g/mol. The fourth-order valence-electron chi connectivity index (χ4n) is 3.01. The minimum atomic E-state index is 0.397. The molecule has 0 spiro atoms. The molecule has 1 nitrogen and oxygen atoms in total. The van der Waals surface area contributed by atoms with Gasteiger partial charge in [0.15, 0.2) is 0 Å². The van der Waals surface area contributed by atoms with Crippen molar-refractivity contribution in [3.63, 3.8) is 0 Å². The third kappa shape index (κ3) is 2.57. The van der Waals surface area contributed by atoms with E-state index < -0.39 is 0 Å². The van der Waals surface area contributed by atoms with E-state index in [1.807, 2.05) is 0 Å². The van der Waals surface area contributed by atoms with Gasteiger partial charge in [0.1, 0.15) is 0 Å². The Labute approximate surface area is 115 Å². The molecule has 1 aliphatic rings. The topological polar surface area (TPSA) is 26.0 Å². The lowest BCUT2D eigenvalue weighted by molar-refractivity contribution is 0.145. The average Bonchev–Trinajstić information content (AvgIpc) is 2.45. The van der Waals surface area contributed by atoms with Crippen LogP contribution in [0, 0.1) is 5.41 Å². The van der Waals surface area contributed by atoms with Crippen LogP contribution in [0.1, 0.15) is 24.8 Å². The van der Waals surface area contributed by atoms with Gasteiger partial charge in [-0.05, 0) is 47.9 Å². The van der Waals surface area contributed by atoms with Gasteiger partial charge in [0.2, 0.25) is 0 Å². The van der Waals surface area contributed by atoms with E-state index >= 15 is 0 Å². The monoisotopic (exact) mass is 251 g/mol. The third-order valence-corrected chi connectivity index (χ3v) is 4.49. The van der Waals surface area contributed by atoms with Gasteiger partial charge in [0.05, 0.1) is 0 Å². The van der Waals surface area contributed by atoms with Crippen molar-refractivity contribution in [2.24, 2.45) is 11.1 Å². The van der Waals surface area contributed by atoms with Crippen LogP contribution in [0.2, 0.25) is 0 Å². The van der Waals surface area contributed by atoms with Gasteiger partial charge >= 0.3 is 0 Å². The third-order valence-electron chi connectivity index (χ3n) is 4.49. The first-order valence-corrected chi connectivity index (χ1v) is 7.16. The van der Waals surface area contributed by atoms with Crippen LogP contribution in [-0.2, 0) is 6.42 Å². The predicted octanol–water partition coefficient (Wildman–Crippen LogP) is 4.03. The SMILES string of the molecule is NCC1(Cc2ccc(-c3ccccc3)cc2)CCC1. The van der Waals surface area contributed by atoms with E-state index in [-0.39, 0.29) is 0 Å². The number of hydrogen-bond donors (Lipinski definition) is 1. The molecular formula is C18H21N. The highest BCUT2D eigenvalue weighted by molar-refractivity contribution is 5.63. The molecule has 0 radical (unpaired) electrons. The van der Waals surface area contributed by atoms with Gasteiger partial charge in [-0.2, -0.15) is 0 Å². The van der Waals surface area contributed by atoms with E-state index in [1.54, 1.807) is 0 Å². The van der Waals surface area contributed by atoms with Crippen molar-refractivity contribution in [2.45, 2.75) is 25.7 Å². The molecule has 2 aromatic rings. The van der Waals surface area contributed by atoms with Crippen molar-refractivity contribution in [3.05, 3.63) is 60.2 Å². The Kier molecular flexibility index (Phi) is 3.39. The second-order valence-corrected chi connectivity index (χ2v) is 5.80. The molecule has 1 saturated carbocycles. The summed E-state index contributed by atoms with van der Waals surface area (Å²) in [4.78, 5) is 0. The molecule has 0 bridgehead atoms. The van der Waals surface area contributed by atoms with Gasteiger partial charge < -0.3 is 5.73 Å². The summed E-state index contributed by atoms with van der Waals surface area (Å²) < 4.78 is 0. The quantitative estimate of drug-likeness (QED) is 0.872. The second kappa shape index (κ2) is 5.18. The molecule has 1 aliphatic carbocycles. The first kappa shape index (κ1) is 12.4. The van der Waals surface area contributed by atoms with Crippen LogP contribution in [0.5, 0.6) is 0 Å². The Morgan fingerprint density at radius 2 is 1.47 bits per heavy atom. The highest BCUT2D eigenvalue weighted by Gasteiger charge is 2.35. The highest BCUT2D eigenvalue weighted by atomic mass is 14.6. The van der Waals surface area contributed by atoms with Crippen LogP contribution in [-0.4, -0.2) is 6.54 Å². The van der Waals surface area contributed by atoms with Crippen LogP contribution in [0.25, 0.3) is 11.1 Å². The number of nitrogens with two attached hydrogens (primary N) is 1. The van der Waals surface area contributed by atoms with E-state index in [0.29, 0.717) is 5.41 Å². The van der Waals surface area contributed by atoms with Gasteiger partial charge in [0.25, 0.3) is 0 Å². The molecule has 2 N–H and O–H groups in total. The molecule has 0 aromatic heterocycles. The summed E-state index contributed by atoms with van der Waals surface area (Å²) in [7, 11) is 0. The number of hydrogen-bond acceptors (Lipinski definition) is 1. The number of benzene rings is 2. The summed E-state index contributed by atoms with van der Waals surface area (Å²) in [5.74, 6) is 0. The lowest BCUT2D eigenvalue weighted by Gasteiger charge is -2.41. The molecule has 98 valence electrons. The van der Waals surface area contributed by atoms with Crippen molar-refractivity contribution in [1.82, 2.24) is 0 Å². The van der Waals surface area contributed by atoms with E-state index in [1.165, 1.54) is 36.0 Å². The van der Waals surface area contributed by atoms with E-state index in [4.69, 9.17) is 5.73 Å². The molecule has 0 amide bonds. The van der Waals surface area contributed by atoms with Crippen LogP contribution in [0.15, 0.2) is 54.6 Å². The molecule has 0 unspecified atom stereocenters. The van der Waals surface area contributed by atoms with E-state index in [2.05, 4.69) is 54.6 Å². The largest absolute Gasteiger partial charge is 0.330 e. The Bertz CT molecular complexity index is 518. The zero-order chi connectivity index (χ0) is 13.1. The molecule has 19 heavy (non-hydrogen) atoms. The first-order valence-electron chi connectivity index (χ1n) is 7.16. The zero-order valence-corrected chi connectivity index (χ0v) is 11.3. The highest BCUT2D eigenvalue weighted by Crippen LogP contribution is 2.42. The van der Waals surface area contributed by atoms with Gasteiger partial charge in [-0.15, -0.1) is 0 Å². The molecule has 0 atom stereocenters. The second-order valence-electron chi connectivity index (χ2n) is 5.80. The van der Waals surface area contributed by atoms with Gasteiger partial charge in [-0.3, -0.25) is 0 Å². The fourth-order valence-corrected chi connectivity index (χ4v) is 3.01. The summed E-state index contributed by atoms with van der Waals surface area (Å²) in [6, 6.07) is 19.5. The van der Waals surface area contributed by atoms with Crippen molar-refractivity contribution in [1.29, 1.82) is 0 Å². The maximum absolute atomic E-state index is 5.94. The Balaban J connectivity index is 1.76. The molecule has 0 aliphatic heterocycles. The van der Waals surface area contributed by atoms with Gasteiger partial charge in [0, 0.05) is 0 Å². The Morgan fingerprint density at radius 3 is 2.00 bits per heavy atom. The zero-order valence-electron chi connectivity index (χ0n) is 11.3. The van der Waals surface area contributed by atoms with E-state index in [0.717, 1.165) is 13.0 Å². The first-order chi connectivity index (χ1) is 9.31. The van der Waals surface area contributed by atoms with Crippen LogP contribution >= 0.6 is 0 Å². The predicted molar refractivity (Wildman–Crippen MR) is 80.9 cm³/mol. The van der Waals surface area contributed by atoms with Crippen LogP contribution in [0.3, 0.4) is 0 Å². The molecular weight excluding hydrogens is 230 g/mol. The summed E-state index contributed by atoms with van der Waals surface area (Å²) in [5.41, 5.74) is 10.3. The van der Waals surface area contributed by atoms with Crippen molar-refractivity contribution in [3.8, 4) is 11.1 Å². The summed E-state index contributed by atoms with van der Waals surface area (Å²) in [6.07, 6.45) is 5.08. The van der Waals surface area contributed by atoms with Crippen LogP contribution < -0.4 is 5.73 Å². The molecule has 3 rings (SSSR count). The van der Waals surface area contributed by atoms with Crippen molar-refractivity contribution < 1.29 is 0 Å². The minimum absolute atomic E-state index is 0.397. The molecule has 0 saturated heterocycles. The fraction of sp³-hybridized carbons (Fsp3) is 0.333. The maximum atomic E-state index is 5.94. The van der Waals surface area contributed by atoms with E-state index in [9.17, 15) is 0 Å². The summed E-state index contributed by atoms with van der Waals surface area (Å²) in [5, 5.41) is 0. The van der Waals surface area contributed by atoms with Crippen LogP contribution in [0.4, 0.5) is 0 Å². The molecule has 1 fully saturated rings. The lowest BCUT2D eigenvalue weighted by Crippen LogP contribution is -2.39. The summed E-state index contributed by atoms with van der Waals surface area (Å²) in [6.45, 7) is 0.827. The van der Waals surface area contributed by atoms with Crippen molar-refractivity contribution >= 4 is 0 Å². The van der Waals surface area contributed by atoms with Crippen molar-refractivity contribution in [2.75, 3.05) is 6.54 Å². The minimum Gasteiger partial charge on any atom is -0.330 e. The standard InChI is InChI=1S/C18H21N/c19-14-18(11-4-12-18)13-15-7-9-17(10-8-15)16-5-2-1-3-6-16/h1-3,5-10H,4,11-14,19H2. The Morgan fingerprint density at radius 1 is 0.842 bits per heavy atom. The van der Waals surface area contributed by atoms with Gasteiger partial charge in [-0.1, -0.05) is 61.0 Å². The molecule has 2 aromatic carbocycles. The maximum Gasteiger partial charge on any atom is -0.00173 e. The normalized spacial score (nSPS) is 16.9. The summed E-state index contributed by atoms with van der Waals surface area (Å²) >= 11 is 0. The Hall–Kier alpha value is -1.60. The lowest BCUT2D eigenvalue weighted by atomic mass is 9.65. The molecule has 0 heterocycles. The smallest absolute Gasteiger partial charge is 0.00173 e. The molecule has 1 heteroatoms.